The van der Waals surface area contributed by atoms with Crippen LogP contribution >= 0.6 is 0 Å². The number of nitrogens with one attached hydrogen (secondary N) is 1. The summed E-state index contributed by atoms with van der Waals surface area (Å²) in [4.78, 5) is 26.0. The summed E-state index contributed by atoms with van der Waals surface area (Å²) >= 11 is 0. The van der Waals surface area contributed by atoms with Gasteiger partial charge < -0.3 is 9.64 Å². The Morgan fingerprint density at radius 3 is 2.67 bits per heavy atom. The van der Waals surface area contributed by atoms with Crippen LogP contribution in [0.1, 0.15) is 26.7 Å². The second-order valence-electron chi connectivity index (χ2n) is 5.33. The van der Waals surface area contributed by atoms with E-state index in [1.165, 1.54) is 7.11 Å². The molecule has 1 saturated heterocycles. The molecular weight excluding hydrogens is 268 g/mol. The molecule has 0 aliphatic carbocycles. The van der Waals surface area contributed by atoms with Crippen LogP contribution in [0.2, 0.25) is 0 Å². The minimum Gasteiger partial charge on any atom is -0.468 e. The van der Waals surface area contributed by atoms with E-state index < -0.39 is 6.04 Å². The van der Waals surface area contributed by atoms with Gasteiger partial charge in [0, 0.05) is 11.7 Å². The fraction of sp³-hybridized carbons (Fsp3) is 0.500. The summed E-state index contributed by atoms with van der Waals surface area (Å²) in [5.41, 5.74) is 0.894. The summed E-state index contributed by atoms with van der Waals surface area (Å²) in [6.45, 7) is 3.91. The van der Waals surface area contributed by atoms with Crippen molar-refractivity contribution in [3.05, 3.63) is 30.3 Å². The lowest BCUT2D eigenvalue weighted by Gasteiger charge is -2.22. The van der Waals surface area contributed by atoms with Crippen LogP contribution in [0.3, 0.4) is 0 Å². The second-order valence-corrected chi connectivity index (χ2v) is 5.33. The third-order valence-electron chi connectivity index (χ3n) is 3.88. The smallest absolute Gasteiger partial charge is 0.322 e. The topological polar surface area (TPSA) is 58.6 Å². The number of ether oxygens (including phenoxy) is 1. The average molecular weight is 290 g/mol. The first-order valence-corrected chi connectivity index (χ1v) is 7.30. The summed E-state index contributed by atoms with van der Waals surface area (Å²) in [6.07, 6.45) is 1.28. The standard InChI is InChI=1S/C16H22N2O3/c1-4-13(16(20)21-3)17-14-10-11(2)18(15(14)19)12-8-6-5-7-9-12/h5-9,11,13-14,17H,4,10H2,1-3H3/t11-,13-,14+/m0/s1. The molecular formula is C16H22N2O3. The van der Waals surface area contributed by atoms with Crippen LogP contribution < -0.4 is 10.2 Å². The number of hydrogen-bond acceptors (Lipinski definition) is 4. The zero-order valence-electron chi connectivity index (χ0n) is 12.7. The predicted molar refractivity (Wildman–Crippen MR) is 81.0 cm³/mol. The first kappa shape index (κ1) is 15.5. The fourth-order valence-electron chi connectivity index (χ4n) is 2.78. The van der Waals surface area contributed by atoms with Crippen LogP contribution in [0.25, 0.3) is 0 Å². The van der Waals surface area contributed by atoms with Gasteiger partial charge in [0.2, 0.25) is 5.91 Å². The lowest BCUT2D eigenvalue weighted by molar-refractivity contribution is -0.143. The normalized spacial score (nSPS) is 23.2. The van der Waals surface area contributed by atoms with E-state index in [2.05, 4.69) is 5.32 Å². The number of anilines is 1. The molecule has 1 amide bonds. The Hall–Kier alpha value is -1.88. The Balaban J connectivity index is 2.11. The molecule has 0 radical (unpaired) electrons. The van der Waals surface area contributed by atoms with E-state index in [0.717, 1.165) is 5.69 Å². The van der Waals surface area contributed by atoms with Gasteiger partial charge in [0.1, 0.15) is 6.04 Å². The van der Waals surface area contributed by atoms with Crippen LogP contribution in [0.15, 0.2) is 30.3 Å². The number of carbonyl (C=O) groups is 2. The zero-order valence-corrected chi connectivity index (χ0v) is 12.7. The van der Waals surface area contributed by atoms with E-state index in [-0.39, 0.29) is 24.0 Å². The van der Waals surface area contributed by atoms with E-state index in [9.17, 15) is 9.59 Å². The van der Waals surface area contributed by atoms with E-state index in [4.69, 9.17) is 4.74 Å². The number of methoxy groups -OCH3 is 1. The van der Waals surface area contributed by atoms with E-state index in [0.29, 0.717) is 12.8 Å². The molecule has 0 saturated carbocycles. The molecule has 0 unspecified atom stereocenters. The molecule has 0 spiro atoms. The van der Waals surface area contributed by atoms with Crippen LogP contribution in [0, 0.1) is 0 Å². The predicted octanol–water partition coefficient (Wildman–Crippen LogP) is 1.72. The van der Waals surface area contributed by atoms with Crippen LogP contribution in [0.4, 0.5) is 5.69 Å². The molecule has 5 nitrogen and oxygen atoms in total. The highest BCUT2D eigenvalue weighted by Gasteiger charge is 2.39. The van der Waals surface area contributed by atoms with E-state index in [1.54, 1.807) is 4.90 Å². The molecule has 1 N–H and O–H groups in total. The van der Waals surface area contributed by atoms with Gasteiger partial charge in [0.15, 0.2) is 0 Å². The van der Waals surface area contributed by atoms with E-state index >= 15 is 0 Å². The molecule has 114 valence electrons. The van der Waals surface area contributed by atoms with Crippen molar-refractivity contribution in [3.63, 3.8) is 0 Å². The van der Waals surface area contributed by atoms with Gasteiger partial charge in [-0.3, -0.25) is 14.9 Å². The van der Waals surface area contributed by atoms with Crippen molar-refractivity contribution >= 4 is 17.6 Å². The van der Waals surface area contributed by atoms with Crippen LogP contribution in [-0.2, 0) is 14.3 Å². The lowest BCUT2D eigenvalue weighted by atomic mass is 10.1. The molecule has 1 aromatic carbocycles. The van der Waals surface area contributed by atoms with Crippen molar-refractivity contribution in [2.45, 2.75) is 44.8 Å². The monoisotopic (exact) mass is 290 g/mol. The van der Waals surface area contributed by atoms with Crippen molar-refractivity contribution in [1.82, 2.24) is 5.32 Å². The maximum Gasteiger partial charge on any atom is 0.322 e. The minimum atomic E-state index is -0.438. The van der Waals surface area contributed by atoms with Crippen molar-refractivity contribution in [1.29, 1.82) is 0 Å². The lowest BCUT2D eigenvalue weighted by Crippen LogP contribution is -2.47. The molecule has 5 heteroatoms. The van der Waals surface area contributed by atoms with E-state index in [1.807, 2.05) is 44.2 Å². The van der Waals surface area contributed by atoms with Gasteiger partial charge in [-0.2, -0.15) is 0 Å². The largest absolute Gasteiger partial charge is 0.468 e. The van der Waals surface area contributed by atoms with Gasteiger partial charge in [-0.05, 0) is 31.9 Å². The van der Waals surface area contributed by atoms with Gasteiger partial charge in [-0.15, -0.1) is 0 Å². The third kappa shape index (κ3) is 3.24. The summed E-state index contributed by atoms with van der Waals surface area (Å²) < 4.78 is 4.76. The Labute approximate surface area is 125 Å². The average Bonchev–Trinajstić information content (AvgIpc) is 2.79. The number of carbonyl (C=O) groups excluding carboxylic acids is 2. The van der Waals surface area contributed by atoms with Gasteiger partial charge in [-0.25, -0.2) is 0 Å². The summed E-state index contributed by atoms with van der Waals surface area (Å²) in [6, 6.07) is 8.93. The minimum absolute atomic E-state index is 0.0102. The number of hydrogen-bond donors (Lipinski definition) is 1. The highest BCUT2D eigenvalue weighted by Crippen LogP contribution is 2.26. The molecule has 2 rings (SSSR count). The first-order chi connectivity index (χ1) is 10.1. The second kappa shape index (κ2) is 6.72. The highest BCUT2D eigenvalue weighted by atomic mass is 16.5. The van der Waals surface area contributed by atoms with Gasteiger partial charge in [0.05, 0.1) is 13.2 Å². The summed E-state index contributed by atoms with van der Waals surface area (Å²) in [7, 11) is 1.36. The maximum absolute atomic E-state index is 12.6. The molecule has 1 heterocycles. The Kier molecular flexibility index (Phi) is 4.96. The van der Waals surface area contributed by atoms with Gasteiger partial charge in [0.25, 0.3) is 0 Å². The quantitative estimate of drug-likeness (QED) is 0.839. The Bertz CT molecular complexity index is 504. The number of benzene rings is 1. The maximum atomic E-state index is 12.6. The zero-order chi connectivity index (χ0) is 15.4. The number of para-hydroxylation sites is 1. The third-order valence-corrected chi connectivity index (χ3v) is 3.88. The van der Waals surface area contributed by atoms with Crippen molar-refractivity contribution in [3.8, 4) is 0 Å². The summed E-state index contributed by atoms with van der Waals surface area (Å²) in [5.74, 6) is -0.313. The van der Waals surface area contributed by atoms with Crippen LogP contribution in [0.5, 0.6) is 0 Å². The first-order valence-electron chi connectivity index (χ1n) is 7.30. The number of amides is 1. The van der Waals surface area contributed by atoms with Gasteiger partial charge >= 0.3 is 5.97 Å². The molecule has 1 aliphatic rings. The molecule has 3 atom stereocenters. The molecule has 1 aliphatic heterocycles. The number of esters is 1. The summed E-state index contributed by atoms with van der Waals surface area (Å²) in [5, 5.41) is 3.13. The number of nitrogens with zero attached hydrogens (tertiary/aromatic N) is 1. The number of rotatable bonds is 5. The van der Waals surface area contributed by atoms with Crippen molar-refractivity contribution < 1.29 is 14.3 Å². The highest BCUT2D eigenvalue weighted by molar-refractivity contribution is 6.00. The Morgan fingerprint density at radius 1 is 1.43 bits per heavy atom. The molecule has 1 fully saturated rings. The Morgan fingerprint density at radius 2 is 2.10 bits per heavy atom. The van der Waals surface area contributed by atoms with Crippen LogP contribution in [-0.4, -0.2) is 37.1 Å². The van der Waals surface area contributed by atoms with Crippen molar-refractivity contribution in [2.24, 2.45) is 0 Å². The SMILES string of the molecule is CC[C@H](N[C@@H]1C[C@H](C)N(c2ccccc2)C1=O)C(=O)OC. The molecule has 0 aromatic heterocycles. The molecule has 21 heavy (non-hydrogen) atoms. The fourth-order valence-corrected chi connectivity index (χ4v) is 2.78. The molecule has 1 aromatic rings. The van der Waals surface area contributed by atoms with Crippen molar-refractivity contribution in [2.75, 3.05) is 12.0 Å². The van der Waals surface area contributed by atoms with Gasteiger partial charge in [-0.1, -0.05) is 25.1 Å². The molecule has 0 bridgehead atoms.